The number of nitrogens with zero attached hydrogens (tertiary/aromatic N) is 2. The second-order valence-corrected chi connectivity index (χ2v) is 5.98. The molecule has 1 heterocycles. The molecular weight excluding hydrogens is 296 g/mol. The van der Waals surface area contributed by atoms with E-state index in [9.17, 15) is 4.79 Å². The zero-order chi connectivity index (χ0) is 16.1. The molecule has 0 atom stereocenters. The maximum Gasteiger partial charge on any atom is 0.219 e. The van der Waals surface area contributed by atoms with Gasteiger partial charge in [-0.25, -0.2) is 4.99 Å². The lowest BCUT2D eigenvalue weighted by atomic mass is 10.0. The first-order valence-electron chi connectivity index (χ1n) is 7.19. The number of carbonyl (C=O) groups excluding carboxylic acids is 1. The van der Waals surface area contributed by atoms with Crippen molar-refractivity contribution >= 4 is 29.2 Å². The van der Waals surface area contributed by atoms with E-state index in [1.807, 2.05) is 37.6 Å². The largest absolute Gasteiger partial charge is 0.391 e. The topological polar surface area (TPSA) is 70.7 Å². The van der Waals surface area contributed by atoms with Gasteiger partial charge in [0.2, 0.25) is 5.91 Å². The molecule has 5 nitrogen and oxygen atoms in total. The van der Waals surface area contributed by atoms with Crippen molar-refractivity contribution in [3.05, 3.63) is 35.5 Å². The second kappa shape index (κ2) is 7.35. The molecule has 0 aromatic heterocycles. The lowest BCUT2D eigenvalue weighted by Crippen LogP contribution is -2.40. The fraction of sp³-hybridized carbons (Fsp3) is 0.375. The number of carbonyl (C=O) groups is 1. The fourth-order valence-electron chi connectivity index (χ4n) is 2.43. The molecule has 1 aromatic carbocycles. The molecule has 6 heteroatoms. The van der Waals surface area contributed by atoms with Crippen molar-refractivity contribution in [2.75, 3.05) is 26.4 Å². The molecule has 0 saturated carbocycles. The van der Waals surface area contributed by atoms with E-state index in [1.165, 1.54) is 0 Å². The van der Waals surface area contributed by atoms with Crippen LogP contribution < -0.4 is 11.1 Å². The summed E-state index contributed by atoms with van der Waals surface area (Å²) in [5.41, 5.74) is 8.99. The Morgan fingerprint density at radius 1 is 1.45 bits per heavy atom. The summed E-state index contributed by atoms with van der Waals surface area (Å²) < 4.78 is 0. The molecule has 0 radical (unpaired) electrons. The van der Waals surface area contributed by atoms with Gasteiger partial charge in [-0.05, 0) is 24.5 Å². The Kier molecular flexibility index (Phi) is 5.49. The van der Waals surface area contributed by atoms with Crippen molar-refractivity contribution in [3.63, 3.8) is 0 Å². The van der Waals surface area contributed by atoms with Gasteiger partial charge in [-0.1, -0.05) is 6.07 Å². The summed E-state index contributed by atoms with van der Waals surface area (Å²) in [5, 5.41) is 3.18. The summed E-state index contributed by atoms with van der Waals surface area (Å²) in [6.45, 7) is 2.80. The molecule has 0 unspecified atom stereocenters. The van der Waals surface area contributed by atoms with Crippen molar-refractivity contribution < 1.29 is 4.79 Å². The summed E-state index contributed by atoms with van der Waals surface area (Å²) >= 11 is 1.67. The highest BCUT2D eigenvalue weighted by Crippen LogP contribution is 2.23. The number of thioether (sulfide) groups is 1. The number of rotatable bonds is 4. The van der Waals surface area contributed by atoms with Gasteiger partial charge in [0.1, 0.15) is 5.84 Å². The smallest absolute Gasteiger partial charge is 0.219 e. The van der Waals surface area contributed by atoms with Crippen LogP contribution in [0, 0.1) is 0 Å². The van der Waals surface area contributed by atoms with Crippen molar-refractivity contribution in [2.45, 2.75) is 18.2 Å². The minimum Gasteiger partial charge on any atom is -0.391 e. The third-order valence-corrected chi connectivity index (χ3v) is 4.43. The van der Waals surface area contributed by atoms with Crippen molar-refractivity contribution in [1.82, 2.24) is 10.2 Å². The number of hydrogen-bond acceptors (Lipinski definition) is 4. The Labute approximate surface area is 135 Å². The minimum atomic E-state index is 0.0600. The molecule has 1 aliphatic heterocycles. The van der Waals surface area contributed by atoms with E-state index in [0.29, 0.717) is 18.9 Å². The predicted molar refractivity (Wildman–Crippen MR) is 92.5 cm³/mol. The summed E-state index contributed by atoms with van der Waals surface area (Å²) in [6.07, 6.45) is 2.80. The molecule has 2 rings (SSSR count). The van der Waals surface area contributed by atoms with E-state index in [1.54, 1.807) is 23.6 Å². The Bertz CT molecular complexity index is 624. The third kappa shape index (κ3) is 3.82. The average Bonchev–Trinajstić information content (AvgIpc) is 2.54. The summed E-state index contributed by atoms with van der Waals surface area (Å²) in [5.74, 6) is 0.526. The van der Waals surface area contributed by atoms with E-state index in [0.717, 1.165) is 28.3 Å². The molecule has 0 saturated heterocycles. The van der Waals surface area contributed by atoms with Gasteiger partial charge in [-0.3, -0.25) is 4.79 Å². The van der Waals surface area contributed by atoms with E-state index in [2.05, 4.69) is 10.3 Å². The number of nitrogens with two attached hydrogens (primary N) is 1. The van der Waals surface area contributed by atoms with Crippen LogP contribution >= 0.6 is 11.8 Å². The first kappa shape index (κ1) is 16.4. The molecule has 1 aromatic rings. The average molecular weight is 318 g/mol. The standard InChI is InChI=1S/C16H22N4OS/c1-11(21)20-8-7-15(18-2)14(10-20)16(17)19-12-5-4-6-13(9-12)22-3/h4-6,9,18H,7-8,10H2,1-3H3,(H2,17,19). The molecule has 0 fully saturated rings. The van der Waals surface area contributed by atoms with Crippen LogP contribution in [-0.4, -0.2) is 43.0 Å². The van der Waals surface area contributed by atoms with E-state index in [-0.39, 0.29) is 5.91 Å². The number of amides is 1. The van der Waals surface area contributed by atoms with Crippen LogP contribution in [0.25, 0.3) is 0 Å². The Morgan fingerprint density at radius 2 is 2.23 bits per heavy atom. The first-order valence-corrected chi connectivity index (χ1v) is 8.41. The maximum absolute atomic E-state index is 11.6. The summed E-state index contributed by atoms with van der Waals surface area (Å²) in [4.78, 5) is 19.1. The Hall–Kier alpha value is -1.95. The van der Waals surface area contributed by atoms with Crippen LogP contribution in [0.4, 0.5) is 5.69 Å². The zero-order valence-electron chi connectivity index (χ0n) is 13.2. The maximum atomic E-state index is 11.6. The van der Waals surface area contributed by atoms with Gasteiger partial charge >= 0.3 is 0 Å². The van der Waals surface area contributed by atoms with E-state index < -0.39 is 0 Å². The number of amidine groups is 1. The molecule has 3 N–H and O–H groups in total. The van der Waals surface area contributed by atoms with Crippen LogP contribution in [0.3, 0.4) is 0 Å². The SMILES string of the molecule is CNC1=C(C(N)=Nc2cccc(SC)c2)CN(C(C)=O)CC1. The number of benzene rings is 1. The monoisotopic (exact) mass is 318 g/mol. The van der Waals surface area contributed by atoms with Crippen molar-refractivity contribution in [3.8, 4) is 0 Å². The number of aliphatic imine (C=N–C) groups is 1. The summed E-state index contributed by atoms with van der Waals surface area (Å²) in [6, 6.07) is 7.94. The molecule has 0 bridgehead atoms. The lowest BCUT2D eigenvalue weighted by Gasteiger charge is -2.29. The van der Waals surface area contributed by atoms with E-state index >= 15 is 0 Å². The summed E-state index contributed by atoms with van der Waals surface area (Å²) in [7, 11) is 1.88. The molecule has 118 valence electrons. The van der Waals surface area contributed by atoms with Crippen molar-refractivity contribution in [1.29, 1.82) is 0 Å². The van der Waals surface area contributed by atoms with Gasteiger partial charge in [0, 0.05) is 43.1 Å². The number of nitrogens with one attached hydrogen (secondary N) is 1. The normalized spacial score (nSPS) is 16.0. The van der Waals surface area contributed by atoms with Crippen LogP contribution in [0.15, 0.2) is 45.4 Å². The van der Waals surface area contributed by atoms with Gasteiger partial charge in [-0.2, -0.15) is 0 Å². The zero-order valence-corrected chi connectivity index (χ0v) is 14.0. The van der Waals surface area contributed by atoms with Crippen molar-refractivity contribution in [2.24, 2.45) is 10.7 Å². The van der Waals surface area contributed by atoms with Crippen LogP contribution in [0.2, 0.25) is 0 Å². The van der Waals surface area contributed by atoms with E-state index in [4.69, 9.17) is 5.73 Å². The minimum absolute atomic E-state index is 0.0600. The van der Waals surface area contributed by atoms with Gasteiger partial charge in [0.15, 0.2) is 0 Å². The molecule has 0 spiro atoms. The lowest BCUT2D eigenvalue weighted by molar-refractivity contribution is -0.128. The highest BCUT2D eigenvalue weighted by Gasteiger charge is 2.22. The molecule has 0 aliphatic carbocycles. The quantitative estimate of drug-likeness (QED) is 0.507. The first-order chi connectivity index (χ1) is 10.5. The van der Waals surface area contributed by atoms with Gasteiger partial charge in [0.25, 0.3) is 0 Å². The molecular formula is C16H22N4OS. The number of hydrogen-bond donors (Lipinski definition) is 2. The Balaban J connectivity index is 2.31. The predicted octanol–water partition coefficient (Wildman–Crippen LogP) is 2.12. The molecule has 1 amide bonds. The van der Waals surface area contributed by atoms with Crippen LogP contribution in [0.1, 0.15) is 13.3 Å². The highest BCUT2D eigenvalue weighted by atomic mass is 32.2. The fourth-order valence-corrected chi connectivity index (χ4v) is 2.88. The molecule has 22 heavy (non-hydrogen) atoms. The van der Waals surface area contributed by atoms with Crippen LogP contribution in [-0.2, 0) is 4.79 Å². The molecule has 1 aliphatic rings. The van der Waals surface area contributed by atoms with Crippen LogP contribution in [0.5, 0.6) is 0 Å². The highest BCUT2D eigenvalue weighted by molar-refractivity contribution is 7.98. The third-order valence-electron chi connectivity index (χ3n) is 3.70. The van der Waals surface area contributed by atoms with Gasteiger partial charge in [0.05, 0.1) is 12.2 Å². The Morgan fingerprint density at radius 3 is 2.86 bits per heavy atom. The van der Waals surface area contributed by atoms with Gasteiger partial charge in [-0.15, -0.1) is 11.8 Å². The second-order valence-electron chi connectivity index (χ2n) is 5.10. The van der Waals surface area contributed by atoms with Gasteiger partial charge < -0.3 is 16.0 Å².